The molecule has 0 unspecified atom stereocenters. The predicted octanol–water partition coefficient (Wildman–Crippen LogP) is 5.76. The summed E-state index contributed by atoms with van der Waals surface area (Å²) in [7, 11) is 0. The number of benzene rings is 4. The summed E-state index contributed by atoms with van der Waals surface area (Å²) < 4.78 is 14.1. The number of carbonyl (C=O) groups excluding carboxylic acids is 3. The first-order chi connectivity index (χ1) is 20.5. The number of imide groups is 1. The van der Waals surface area contributed by atoms with Gasteiger partial charge in [0.25, 0.3) is 11.8 Å². The van der Waals surface area contributed by atoms with E-state index in [9.17, 15) is 18.8 Å². The molecule has 0 saturated carbocycles. The third-order valence-corrected chi connectivity index (χ3v) is 8.19. The number of amides is 4. The summed E-state index contributed by atoms with van der Waals surface area (Å²) in [5.41, 5.74) is 4.67. The number of halogens is 1. The molecule has 7 nitrogen and oxygen atoms in total. The average Bonchev–Trinajstić information content (AvgIpc) is 3.51. The molecule has 4 amide bonds. The summed E-state index contributed by atoms with van der Waals surface area (Å²) >= 11 is 0. The third-order valence-electron chi connectivity index (χ3n) is 8.19. The van der Waals surface area contributed by atoms with Crippen LogP contribution in [0, 0.1) is 5.82 Å². The van der Waals surface area contributed by atoms with Gasteiger partial charge in [0.2, 0.25) is 0 Å². The highest BCUT2D eigenvalue weighted by Gasteiger charge is 2.53. The van der Waals surface area contributed by atoms with E-state index in [0.29, 0.717) is 18.4 Å². The van der Waals surface area contributed by atoms with Gasteiger partial charge in [0.1, 0.15) is 17.9 Å². The Kier molecular flexibility index (Phi) is 6.31. The fourth-order valence-electron chi connectivity index (χ4n) is 6.25. The largest absolute Gasteiger partial charge is 0.356 e. The molecule has 1 saturated heterocycles. The fraction of sp³-hybridized carbons (Fsp3) is 0.147. The Labute approximate surface area is 241 Å². The van der Waals surface area contributed by atoms with Crippen molar-refractivity contribution in [2.24, 2.45) is 0 Å². The summed E-state index contributed by atoms with van der Waals surface area (Å²) in [6.07, 6.45) is 0.670. The number of hydrogen-bond acceptors (Lipinski definition) is 3. The lowest BCUT2D eigenvalue weighted by molar-refractivity contribution is -0.120. The highest BCUT2D eigenvalue weighted by Crippen LogP contribution is 2.45. The molecule has 42 heavy (non-hydrogen) atoms. The molecule has 0 bridgehead atoms. The number of nitrogens with one attached hydrogen (secondary N) is 2. The molecular formula is C34H27FN4O3. The van der Waals surface area contributed by atoms with Crippen molar-refractivity contribution < 1.29 is 18.8 Å². The standard InChI is InChI=1S/C34H27FN4O3/c35-26-15-7-4-10-21(26)18-19-36-32(40)24-14-6-9-17-28(24)39-33(41)29-20-25-23-13-5-8-16-27(23)37-30(25)31(38(29)34(39)42)22-11-2-1-3-12-22/h1-17,29,31,37H,18-20H2,(H,36,40)/t29-,31+/m0/s1. The zero-order chi connectivity index (χ0) is 28.8. The average molecular weight is 559 g/mol. The molecule has 0 radical (unpaired) electrons. The maximum Gasteiger partial charge on any atom is 0.332 e. The number of carbonyl (C=O) groups is 3. The highest BCUT2D eigenvalue weighted by molar-refractivity contribution is 6.24. The normalized spacial score (nSPS) is 17.8. The number of urea groups is 1. The van der Waals surface area contributed by atoms with Crippen molar-refractivity contribution in [3.8, 4) is 0 Å². The van der Waals surface area contributed by atoms with Crippen LogP contribution in [0.25, 0.3) is 10.9 Å². The predicted molar refractivity (Wildman–Crippen MR) is 158 cm³/mol. The summed E-state index contributed by atoms with van der Waals surface area (Å²) in [5, 5.41) is 3.85. The first-order valence-corrected chi connectivity index (χ1v) is 13.9. The van der Waals surface area contributed by atoms with Gasteiger partial charge in [-0.15, -0.1) is 0 Å². The molecule has 4 aromatic carbocycles. The fourth-order valence-corrected chi connectivity index (χ4v) is 6.25. The minimum atomic E-state index is -0.730. The number of anilines is 1. The minimum absolute atomic E-state index is 0.197. The SMILES string of the molecule is O=C(NCCc1ccccc1F)c1ccccc1N1C(=O)[C@@H]2Cc3c([nH]c4ccccc34)[C@@H](c3ccccc3)N2C1=O. The first-order valence-electron chi connectivity index (χ1n) is 13.9. The Bertz CT molecular complexity index is 1850. The van der Waals surface area contributed by atoms with Gasteiger partial charge in [-0.25, -0.2) is 14.1 Å². The molecule has 2 aliphatic heterocycles. The number of para-hydroxylation sites is 2. The molecule has 2 atom stereocenters. The van der Waals surface area contributed by atoms with Crippen LogP contribution in [0.4, 0.5) is 14.9 Å². The van der Waals surface area contributed by atoms with E-state index in [2.05, 4.69) is 10.3 Å². The summed E-state index contributed by atoms with van der Waals surface area (Å²) in [6, 6.07) is 28.9. The van der Waals surface area contributed by atoms with Crippen molar-refractivity contribution in [1.82, 2.24) is 15.2 Å². The van der Waals surface area contributed by atoms with Crippen molar-refractivity contribution >= 4 is 34.4 Å². The van der Waals surface area contributed by atoms with Gasteiger partial charge in [0.15, 0.2) is 0 Å². The van der Waals surface area contributed by atoms with E-state index >= 15 is 0 Å². The Hall–Kier alpha value is -5.24. The number of aromatic nitrogens is 1. The number of H-pyrrole nitrogens is 1. The maximum absolute atomic E-state index is 14.2. The van der Waals surface area contributed by atoms with Crippen LogP contribution in [0.3, 0.4) is 0 Å². The Morgan fingerprint density at radius 2 is 1.60 bits per heavy atom. The lowest BCUT2D eigenvalue weighted by Gasteiger charge is -2.36. The molecule has 208 valence electrons. The molecule has 0 spiro atoms. The van der Waals surface area contributed by atoms with Crippen LogP contribution in [0.15, 0.2) is 103 Å². The van der Waals surface area contributed by atoms with Crippen molar-refractivity contribution in [2.45, 2.75) is 24.9 Å². The second-order valence-corrected chi connectivity index (χ2v) is 10.6. The molecule has 1 fully saturated rings. The first kappa shape index (κ1) is 25.7. The van der Waals surface area contributed by atoms with Gasteiger partial charge >= 0.3 is 6.03 Å². The van der Waals surface area contributed by atoms with Crippen LogP contribution in [-0.2, 0) is 17.6 Å². The molecular weight excluding hydrogens is 531 g/mol. The van der Waals surface area contributed by atoms with Crippen LogP contribution in [0.1, 0.15) is 38.8 Å². The van der Waals surface area contributed by atoms with Crippen LogP contribution in [0.2, 0.25) is 0 Å². The van der Waals surface area contributed by atoms with Crippen molar-refractivity contribution in [1.29, 1.82) is 0 Å². The minimum Gasteiger partial charge on any atom is -0.356 e. The van der Waals surface area contributed by atoms with Gasteiger partial charge in [-0.1, -0.05) is 78.9 Å². The molecule has 0 aliphatic carbocycles. The molecule has 8 heteroatoms. The Morgan fingerprint density at radius 1 is 0.881 bits per heavy atom. The van der Waals surface area contributed by atoms with Crippen molar-refractivity contribution in [3.63, 3.8) is 0 Å². The molecule has 3 heterocycles. The summed E-state index contributed by atoms with van der Waals surface area (Å²) in [4.78, 5) is 47.9. The van der Waals surface area contributed by atoms with Crippen molar-refractivity contribution in [3.05, 3.63) is 137 Å². The maximum atomic E-state index is 14.2. The third kappa shape index (κ3) is 4.15. The van der Waals surface area contributed by atoms with Crippen LogP contribution >= 0.6 is 0 Å². The van der Waals surface area contributed by atoms with Crippen LogP contribution in [0.5, 0.6) is 0 Å². The van der Waals surface area contributed by atoms with E-state index in [1.54, 1.807) is 47.4 Å². The summed E-state index contributed by atoms with van der Waals surface area (Å²) in [5.74, 6) is -1.14. The van der Waals surface area contributed by atoms with E-state index in [-0.39, 0.29) is 29.5 Å². The van der Waals surface area contributed by atoms with E-state index in [1.165, 1.54) is 6.07 Å². The second kappa shape index (κ2) is 10.3. The van der Waals surface area contributed by atoms with E-state index in [1.807, 2.05) is 54.6 Å². The number of rotatable bonds is 6. The number of fused-ring (bicyclic) bond motifs is 4. The molecule has 2 aliphatic rings. The van der Waals surface area contributed by atoms with Gasteiger partial charge < -0.3 is 10.3 Å². The van der Waals surface area contributed by atoms with Gasteiger partial charge in [-0.3, -0.25) is 14.5 Å². The zero-order valence-corrected chi connectivity index (χ0v) is 22.6. The van der Waals surface area contributed by atoms with Crippen molar-refractivity contribution in [2.75, 3.05) is 11.4 Å². The number of hydrogen-bond donors (Lipinski definition) is 2. The van der Waals surface area contributed by atoms with E-state index in [4.69, 9.17) is 0 Å². The number of nitrogens with zero attached hydrogens (tertiary/aromatic N) is 2. The van der Waals surface area contributed by atoms with Crippen LogP contribution < -0.4 is 10.2 Å². The van der Waals surface area contributed by atoms with E-state index in [0.717, 1.165) is 32.6 Å². The quantitative estimate of drug-likeness (QED) is 0.260. The highest BCUT2D eigenvalue weighted by atomic mass is 19.1. The van der Waals surface area contributed by atoms with Gasteiger partial charge in [-0.05, 0) is 47.4 Å². The Morgan fingerprint density at radius 3 is 2.43 bits per heavy atom. The van der Waals surface area contributed by atoms with Gasteiger partial charge in [0.05, 0.1) is 11.3 Å². The lowest BCUT2D eigenvalue weighted by Crippen LogP contribution is -2.44. The zero-order valence-electron chi connectivity index (χ0n) is 22.6. The molecule has 5 aromatic rings. The van der Waals surface area contributed by atoms with Crippen LogP contribution in [-0.4, -0.2) is 40.3 Å². The molecule has 7 rings (SSSR count). The Balaban J connectivity index is 1.23. The second-order valence-electron chi connectivity index (χ2n) is 10.6. The topological polar surface area (TPSA) is 85.5 Å². The monoisotopic (exact) mass is 558 g/mol. The number of aromatic amines is 1. The summed E-state index contributed by atoms with van der Waals surface area (Å²) in [6.45, 7) is 0.197. The lowest BCUT2D eigenvalue weighted by atomic mass is 9.89. The van der Waals surface area contributed by atoms with Gasteiger partial charge in [0, 0.05) is 29.6 Å². The molecule has 1 aromatic heterocycles. The van der Waals surface area contributed by atoms with E-state index < -0.39 is 24.0 Å². The molecule has 2 N–H and O–H groups in total. The smallest absolute Gasteiger partial charge is 0.332 e. The van der Waals surface area contributed by atoms with Gasteiger partial charge in [-0.2, -0.15) is 0 Å².